The summed E-state index contributed by atoms with van der Waals surface area (Å²) in [5, 5.41) is 9.67. The van der Waals surface area contributed by atoms with Crippen molar-refractivity contribution in [3.63, 3.8) is 0 Å². The van der Waals surface area contributed by atoms with Crippen LogP contribution < -0.4 is 4.74 Å². The molecule has 4 rings (SSSR count). The second-order valence-corrected chi connectivity index (χ2v) is 7.46. The van der Waals surface area contributed by atoms with E-state index in [1.807, 2.05) is 36.5 Å². The molecule has 138 valence electrons. The lowest BCUT2D eigenvalue weighted by Crippen LogP contribution is -2.06. The summed E-state index contributed by atoms with van der Waals surface area (Å²) >= 11 is 1.62. The summed E-state index contributed by atoms with van der Waals surface area (Å²) < 4.78 is 8.03. The van der Waals surface area contributed by atoms with Gasteiger partial charge in [-0.05, 0) is 44.0 Å². The van der Waals surface area contributed by atoms with Gasteiger partial charge in [0.25, 0.3) is 0 Å². The van der Waals surface area contributed by atoms with Crippen LogP contribution in [0.2, 0.25) is 0 Å². The topological polar surface area (TPSA) is 69.9 Å². The largest absolute Gasteiger partial charge is 0.492 e. The summed E-state index contributed by atoms with van der Waals surface area (Å²) in [7, 11) is 0. The van der Waals surface area contributed by atoms with Crippen LogP contribution in [0, 0.1) is 0 Å². The number of carbonyl (C=O) groups excluding carboxylic acids is 1. The van der Waals surface area contributed by atoms with Crippen LogP contribution in [-0.2, 0) is 0 Å². The molecule has 1 saturated carbocycles. The molecule has 0 N–H and O–H groups in total. The number of aromatic nitrogens is 4. The van der Waals surface area contributed by atoms with Gasteiger partial charge >= 0.3 is 0 Å². The molecule has 27 heavy (non-hydrogen) atoms. The molecule has 2 heterocycles. The molecule has 0 saturated heterocycles. The van der Waals surface area contributed by atoms with Crippen molar-refractivity contribution in [2.24, 2.45) is 0 Å². The van der Waals surface area contributed by atoms with Crippen LogP contribution in [0.25, 0.3) is 11.4 Å². The third kappa shape index (κ3) is 4.03. The molecule has 6 nitrogen and oxygen atoms in total. The average molecular weight is 380 g/mol. The first-order chi connectivity index (χ1) is 13.2. The number of benzene rings is 1. The lowest BCUT2D eigenvalue weighted by atomic mass is 10.1. The summed E-state index contributed by atoms with van der Waals surface area (Å²) in [6.07, 6.45) is 5.88. The van der Waals surface area contributed by atoms with E-state index < -0.39 is 0 Å². The second kappa shape index (κ2) is 7.92. The van der Waals surface area contributed by atoms with E-state index >= 15 is 0 Å². The lowest BCUT2D eigenvalue weighted by molar-refractivity contribution is 0.101. The third-order valence-electron chi connectivity index (χ3n) is 4.33. The Hall–Kier alpha value is -2.67. The minimum atomic E-state index is 0.00726. The molecule has 1 aliphatic rings. The smallest absolute Gasteiger partial charge is 0.191 e. The summed E-state index contributed by atoms with van der Waals surface area (Å²) in [6.45, 7) is 2.05. The van der Waals surface area contributed by atoms with Crippen LogP contribution in [0.3, 0.4) is 0 Å². The Morgan fingerprint density at radius 1 is 1.22 bits per heavy atom. The highest BCUT2D eigenvalue weighted by Crippen LogP contribution is 2.40. The first-order valence-electron chi connectivity index (χ1n) is 8.95. The van der Waals surface area contributed by atoms with Gasteiger partial charge in [-0.15, -0.1) is 10.2 Å². The zero-order chi connectivity index (χ0) is 18.6. The SMILES string of the molecule is CC(=O)c1ccccc1OCCSc1nnc(-c2cccnc2)n1C1CC1. The molecule has 1 aromatic carbocycles. The van der Waals surface area contributed by atoms with Crippen molar-refractivity contribution in [3.8, 4) is 17.1 Å². The number of ether oxygens (including phenoxy) is 1. The van der Waals surface area contributed by atoms with E-state index in [9.17, 15) is 4.79 Å². The Labute approximate surface area is 162 Å². The number of rotatable bonds is 8. The molecule has 2 aromatic heterocycles. The Morgan fingerprint density at radius 2 is 2.07 bits per heavy atom. The van der Waals surface area contributed by atoms with Crippen molar-refractivity contribution < 1.29 is 9.53 Å². The van der Waals surface area contributed by atoms with Gasteiger partial charge in [-0.25, -0.2) is 0 Å². The number of hydrogen-bond acceptors (Lipinski definition) is 6. The average Bonchev–Trinajstić information content (AvgIpc) is 3.45. The van der Waals surface area contributed by atoms with Crippen LogP contribution in [0.15, 0.2) is 53.9 Å². The first kappa shape index (κ1) is 17.7. The number of pyridine rings is 1. The Kier molecular flexibility index (Phi) is 5.20. The van der Waals surface area contributed by atoms with Gasteiger partial charge in [-0.2, -0.15) is 0 Å². The van der Waals surface area contributed by atoms with Crippen LogP contribution in [0.5, 0.6) is 5.75 Å². The van der Waals surface area contributed by atoms with E-state index in [1.165, 1.54) is 0 Å². The molecule has 0 unspecified atom stereocenters. The van der Waals surface area contributed by atoms with Crippen LogP contribution in [-0.4, -0.2) is 37.9 Å². The maximum Gasteiger partial charge on any atom is 0.191 e. The summed E-state index contributed by atoms with van der Waals surface area (Å²) in [5.41, 5.74) is 1.60. The number of para-hydroxylation sites is 1. The number of Topliss-reactive ketones (excluding diaryl/α,β-unsaturated/α-hetero) is 1. The summed E-state index contributed by atoms with van der Waals surface area (Å²) in [5.74, 6) is 2.23. The van der Waals surface area contributed by atoms with E-state index in [1.54, 1.807) is 30.9 Å². The number of hydrogen-bond donors (Lipinski definition) is 0. The van der Waals surface area contributed by atoms with Crippen molar-refractivity contribution in [2.45, 2.75) is 31.0 Å². The fraction of sp³-hybridized carbons (Fsp3) is 0.300. The van der Waals surface area contributed by atoms with Gasteiger partial charge in [0.2, 0.25) is 0 Å². The molecule has 7 heteroatoms. The zero-order valence-electron chi connectivity index (χ0n) is 15.0. The number of thioether (sulfide) groups is 1. The molecule has 0 radical (unpaired) electrons. The van der Waals surface area contributed by atoms with Gasteiger partial charge in [0.05, 0.1) is 12.2 Å². The van der Waals surface area contributed by atoms with Crippen LogP contribution in [0.4, 0.5) is 0 Å². The van der Waals surface area contributed by atoms with Gasteiger partial charge in [0.1, 0.15) is 5.75 Å². The molecule has 1 aliphatic carbocycles. The highest BCUT2D eigenvalue weighted by atomic mass is 32.2. The van der Waals surface area contributed by atoms with Crippen LogP contribution >= 0.6 is 11.8 Å². The van der Waals surface area contributed by atoms with Crippen molar-refractivity contribution in [1.29, 1.82) is 0 Å². The summed E-state index contributed by atoms with van der Waals surface area (Å²) in [6, 6.07) is 11.7. The fourth-order valence-corrected chi connectivity index (χ4v) is 3.72. The highest BCUT2D eigenvalue weighted by Gasteiger charge is 2.30. The number of nitrogens with zero attached hydrogens (tertiary/aromatic N) is 4. The lowest BCUT2D eigenvalue weighted by Gasteiger charge is -2.10. The van der Waals surface area contributed by atoms with Gasteiger partial charge in [-0.3, -0.25) is 14.3 Å². The molecule has 0 atom stereocenters. The van der Waals surface area contributed by atoms with E-state index in [4.69, 9.17) is 4.74 Å². The molecule has 0 spiro atoms. The molecule has 3 aromatic rings. The Balaban J connectivity index is 1.42. The van der Waals surface area contributed by atoms with E-state index in [-0.39, 0.29) is 5.78 Å². The minimum Gasteiger partial charge on any atom is -0.492 e. The van der Waals surface area contributed by atoms with Gasteiger partial charge in [-0.1, -0.05) is 23.9 Å². The predicted molar refractivity (Wildman–Crippen MR) is 104 cm³/mol. The fourth-order valence-electron chi connectivity index (χ4n) is 2.90. The van der Waals surface area contributed by atoms with Crippen molar-refractivity contribution in [3.05, 3.63) is 54.4 Å². The van der Waals surface area contributed by atoms with E-state index in [0.29, 0.717) is 24.0 Å². The molecular weight excluding hydrogens is 360 g/mol. The summed E-state index contributed by atoms with van der Waals surface area (Å²) in [4.78, 5) is 15.9. The van der Waals surface area contributed by atoms with Crippen molar-refractivity contribution in [1.82, 2.24) is 19.7 Å². The van der Waals surface area contributed by atoms with Gasteiger partial charge in [0, 0.05) is 29.8 Å². The van der Waals surface area contributed by atoms with E-state index in [0.717, 1.165) is 35.1 Å². The van der Waals surface area contributed by atoms with Crippen molar-refractivity contribution in [2.75, 3.05) is 12.4 Å². The monoisotopic (exact) mass is 380 g/mol. The Bertz CT molecular complexity index is 938. The predicted octanol–water partition coefficient (Wildman–Crippen LogP) is 4.05. The molecule has 0 bridgehead atoms. The Morgan fingerprint density at radius 3 is 2.81 bits per heavy atom. The standard InChI is InChI=1S/C20H20N4O2S/c1-14(25)17-6-2-3-7-18(17)26-11-12-27-20-23-22-19(24(20)16-8-9-16)15-5-4-10-21-13-15/h2-7,10,13,16H,8-9,11-12H2,1H3. The molecule has 1 fully saturated rings. The normalized spacial score (nSPS) is 13.5. The second-order valence-electron chi connectivity index (χ2n) is 6.40. The minimum absolute atomic E-state index is 0.00726. The van der Waals surface area contributed by atoms with Gasteiger partial charge < -0.3 is 4.74 Å². The molecular formula is C20H20N4O2S. The number of ketones is 1. The molecule has 0 amide bonds. The van der Waals surface area contributed by atoms with Crippen molar-refractivity contribution >= 4 is 17.5 Å². The third-order valence-corrected chi connectivity index (χ3v) is 5.24. The van der Waals surface area contributed by atoms with E-state index in [2.05, 4.69) is 19.7 Å². The maximum absolute atomic E-state index is 11.7. The zero-order valence-corrected chi connectivity index (χ0v) is 15.9. The number of carbonyl (C=O) groups is 1. The maximum atomic E-state index is 11.7. The molecule has 0 aliphatic heterocycles. The highest BCUT2D eigenvalue weighted by molar-refractivity contribution is 7.99. The quantitative estimate of drug-likeness (QED) is 0.334. The van der Waals surface area contributed by atoms with Crippen LogP contribution in [0.1, 0.15) is 36.2 Å². The first-order valence-corrected chi connectivity index (χ1v) is 9.93. The van der Waals surface area contributed by atoms with Gasteiger partial charge in [0.15, 0.2) is 16.8 Å².